The summed E-state index contributed by atoms with van der Waals surface area (Å²) in [5, 5.41) is 14.5. The summed E-state index contributed by atoms with van der Waals surface area (Å²) in [7, 11) is 1.52. The Labute approximate surface area is 151 Å². The molecule has 0 aromatic heterocycles. The number of para-hydroxylation sites is 1. The lowest BCUT2D eigenvalue weighted by molar-refractivity contribution is -0.139. The zero-order valence-electron chi connectivity index (χ0n) is 14.5. The minimum absolute atomic E-state index is 0.0978. The normalized spacial score (nSPS) is 11.3. The lowest BCUT2D eigenvalue weighted by atomic mass is 10.0. The molecule has 2 aromatic carbocycles. The van der Waals surface area contributed by atoms with Crippen LogP contribution in [0.25, 0.3) is 0 Å². The average molecular weight is 356 g/mol. The molecular weight excluding hydrogens is 336 g/mol. The monoisotopic (exact) mass is 356 g/mol. The van der Waals surface area contributed by atoms with Gasteiger partial charge in [-0.25, -0.2) is 4.79 Å². The lowest BCUT2D eigenvalue weighted by Gasteiger charge is -2.16. The number of hydrogen-bond donors (Lipinski definition) is 3. The van der Waals surface area contributed by atoms with Gasteiger partial charge in [0.05, 0.1) is 18.4 Å². The highest BCUT2D eigenvalue weighted by atomic mass is 16.5. The van der Waals surface area contributed by atoms with Gasteiger partial charge < -0.3 is 20.5 Å². The number of aliphatic carboxylic acids is 1. The third-order valence-corrected chi connectivity index (χ3v) is 3.66. The van der Waals surface area contributed by atoms with E-state index >= 15 is 0 Å². The van der Waals surface area contributed by atoms with Gasteiger partial charge in [-0.05, 0) is 29.8 Å². The molecule has 26 heavy (non-hydrogen) atoms. The summed E-state index contributed by atoms with van der Waals surface area (Å²) in [5.41, 5.74) is 1.23. The van der Waals surface area contributed by atoms with Crippen molar-refractivity contribution in [2.75, 3.05) is 12.4 Å². The predicted molar refractivity (Wildman–Crippen MR) is 96.3 cm³/mol. The van der Waals surface area contributed by atoms with E-state index in [1.807, 2.05) is 0 Å². The first kappa shape index (κ1) is 19.0. The first-order valence-electron chi connectivity index (χ1n) is 7.94. The molecule has 0 fully saturated rings. The highest BCUT2D eigenvalue weighted by molar-refractivity contribution is 6.04. The maximum atomic E-state index is 12.5. The second-order valence-electron chi connectivity index (χ2n) is 5.65. The second-order valence-corrected chi connectivity index (χ2v) is 5.65. The summed E-state index contributed by atoms with van der Waals surface area (Å²) in [6, 6.07) is 12.3. The number of benzene rings is 2. The number of amides is 2. The molecule has 0 unspecified atom stereocenters. The van der Waals surface area contributed by atoms with Crippen molar-refractivity contribution >= 4 is 23.5 Å². The molecule has 0 spiro atoms. The number of methoxy groups -OCH3 is 1. The standard InChI is InChI=1S/C19H20N2O5/c1-12(22)20-16-9-4-3-8-15(16)18(23)21-17(19(24)25)11-13-6-5-7-14(10-13)26-2/h3-10,17H,11H2,1-2H3,(H,20,22)(H,21,23)(H,24,25)/t17-/m0/s1. The number of rotatable bonds is 7. The number of carbonyl (C=O) groups excluding carboxylic acids is 2. The van der Waals surface area contributed by atoms with Crippen LogP contribution in [0.15, 0.2) is 48.5 Å². The maximum absolute atomic E-state index is 12.5. The highest BCUT2D eigenvalue weighted by Crippen LogP contribution is 2.17. The van der Waals surface area contributed by atoms with Gasteiger partial charge in [-0.2, -0.15) is 0 Å². The van der Waals surface area contributed by atoms with Gasteiger partial charge in [-0.15, -0.1) is 0 Å². The molecule has 2 aromatic rings. The smallest absolute Gasteiger partial charge is 0.326 e. The van der Waals surface area contributed by atoms with Crippen LogP contribution in [-0.4, -0.2) is 36.0 Å². The summed E-state index contributed by atoms with van der Waals surface area (Å²) < 4.78 is 5.13. The van der Waals surface area contributed by atoms with Gasteiger partial charge in [0.15, 0.2) is 0 Å². The van der Waals surface area contributed by atoms with Crippen molar-refractivity contribution in [1.29, 1.82) is 0 Å². The van der Waals surface area contributed by atoms with Gasteiger partial charge in [0, 0.05) is 13.3 Å². The molecule has 0 aliphatic heterocycles. The van der Waals surface area contributed by atoms with E-state index in [4.69, 9.17) is 4.74 Å². The Balaban J connectivity index is 2.18. The molecule has 0 radical (unpaired) electrons. The third kappa shape index (κ3) is 5.07. The third-order valence-electron chi connectivity index (χ3n) is 3.66. The van der Waals surface area contributed by atoms with Crippen LogP contribution in [0.1, 0.15) is 22.8 Å². The quantitative estimate of drug-likeness (QED) is 0.704. The van der Waals surface area contributed by atoms with Crippen molar-refractivity contribution in [2.45, 2.75) is 19.4 Å². The molecule has 1 atom stereocenters. The number of nitrogens with one attached hydrogen (secondary N) is 2. The van der Waals surface area contributed by atoms with Gasteiger partial charge in [-0.1, -0.05) is 24.3 Å². The van der Waals surface area contributed by atoms with Gasteiger partial charge in [0.1, 0.15) is 11.8 Å². The Hall–Kier alpha value is -3.35. The number of carbonyl (C=O) groups is 3. The Morgan fingerprint density at radius 3 is 2.50 bits per heavy atom. The van der Waals surface area contributed by atoms with Crippen molar-refractivity contribution in [2.24, 2.45) is 0 Å². The largest absolute Gasteiger partial charge is 0.497 e. The summed E-state index contributed by atoms with van der Waals surface area (Å²) >= 11 is 0. The Morgan fingerprint density at radius 2 is 1.85 bits per heavy atom. The van der Waals surface area contributed by atoms with Gasteiger partial charge in [0.2, 0.25) is 5.91 Å². The minimum atomic E-state index is -1.15. The molecule has 0 aliphatic carbocycles. The Bertz CT molecular complexity index is 819. The van der Waals surface area contributed by atoms with Crippen molar-refractivity contribution in [1.82, 2.24) is 5.32 Å². The summed E-state index contributed by atoms with van der Waals surface area (Å²) in [6.45, 7) is 1.33. The van der Waals surface area contributed by atoms with Crippen molar-refractivity contribution in [3.05, 3.63) is 59.7 Å². The van der Waals surface area contributed by atoms with Crippen molar-refractivity contribution in [3.8, 4) is 5.75 Å². The van der Waals surface area contributed by atoms with Crippen molar-refractivity contribution in [3.63, 3.8) is 0 Å². The summed E-state index contributed by atoms with van der Waals surface area (Å²) in [4.78, 5) is 35.4. The molecule has 136 valence electrons. The predicted octanol–water partition coefficient (Wildman–Crippen LogP) is 2.08. The number of carboxylic acid groups (broad SMARTS) is 1. The van der Waals surface area contributed by atoms with Crippen LogP contribution in [0.2, 0.25) is 0 Å². The molecule has 0 heterocycles. The first-order chi connectivity index (χ1) is 12.4. The van der Waals surface area contributed by atoms with E-state index in [1.165, 1.54) is 20.1 Å². The highest BCUT2D eigenvalue weighted by Gasteiger charge is 2.22. The lowest BCUT2D eigenvalue weighted by Crippen LogP contribution is -2.42. The second kappa shape index (κ2) is 8.66. The van der Waals surface area contributed by atoms with Crippen LogP contribution < -0.4 is 15.4 Å². The van der Waals surface area contributed by atoms with E-state index in [0.29, 0.717) is 17.0 Å². The summed E-state index contributed by atoms with van der Waals surface area (Å²) in [5.74, 6) is -1.45. The number of hydrogen-bond acceptors (Lipinski definition) is 4. The molecular formula is C19H20N2O5. The fourth-order valence-corrected chi connectivity index (χ4v) is 2.45. The molecule has 0 bridgehead atoms. The van der Waals surface area contributed by atoms with E-state index < -0.39 is 17.9 Å². The fourth-order valence-electron chi connectivity index (χ4n) is 2.45. The van der Waals surface area contributed by atoms with E-state index in [1.54, 1.807) is 42.5 Å². The van der Waals surface area contributed by atoms with E-state index in [-0.39, 0.29) is 17.9 Å². The van der Waals surface area contributed by atoms with E-state index in [2.05, 4.69) is 10.6 Å². The molecule has 3 N–H and O–H groups in total. The molecule has 7 heteroatoms. The maximum Gasteiger partial charge on any atom is 0.326 e. The topological polar surface area (TPSA) is 105 Å². The fraction of sp³-hybridized carbons (Fsp3) is 0.211. The molecule has 7 nitrogen and oxygen atoms in total. The SMILES string of the molecule is COc1cccc(C[C@H](NC(=O)c2ccccc2NC(C)=O)C(=O)O)c1. The first-order valence-corrected chi connectivity index (χ1v) is 7.94. The van der Waals surface area contributed by atoms with Crippen molar-refractivity contribution < 1.29 is 24.2 Å². The van der Waals surface area contributed by atoms with Gasteiger partial charge in [0.25, 0.3) is 5.91 Å². The molecule has 0 aliphatic rings. The van der Waals surface area contributed by atoms with Crippen LogP contribution in [0.4, 0.5) is 5.69 Å². The average Bonchev–Trinajstić information content (AvgIpc) is 2.61. The molecule has 2 amide bonds. The molecule has 2 rings (SSSR count). The van der Waals surface area contributed by atoms with Crippen LogP contribution in [0, 0.1) is 0 Å². The number of anilines is 1. The zero-order valence-corrected chi connectivity index (χ0v) is 14.5. The molecule has 0 saturated heterocycles. The Morgan fingerprint density at radius 1 is 1.12 bits per heavy atom. The minimum Gasteiger partial charge on any atom is -0.497 e. The molecule has 0 saturated carbocycles. The van der Waals surface area contributed by atoms with Gasteiger partial charge >= 0.3 is 5.97 Å². The number of ether oxygens (including phenoxy) is 1. The summed E-state index contributed by atoms with van der Waals surface area (Å²) in [6.07, 6.45) is 0.0978. The zero-order chi connectivity index (χ0) is 19.1. The number of carboxylic acids is 1. The Kier molecular flexibility index (Phi) is 6.32. The van der Waals surface area contributed by atoms with Crippen LogP contribution in [-0.2, 0) is 16.0 Å². The van der Waals surface area contributed by atoms with Crippen LogP contribution in [0.3, 0.4) is 0 Å². The van der Waals surface area contributed by atoms with Gasteiger partial charge in [-0.3, -0.25) is 9.59 Å². The van der Waals surface area contributed by atoms with E-state index in [9.17, 15) is 19.5 Å². The van der Waals surface area contributed by atoms with Crippen LogP contribution >= 0.6 is 0 Å². The van der Waals surface area contributed by atoms with Crippen LogP contribution in [0.5, 0.6) is 5.75 Å². The van der Waals surface area contributed by atoms with E-state index in [0.717, 1.165) is 0 Å².